The molecule has 0 atom stereocenters. The van der Waals surface area contributed by atoms with E-state index >= 15 is 4.39 Å². The molecule has 0 radical (unpaired) electrons. The van der Waals surface area contributed by atoms with E-state index in [9.17, 15) is 8.78 Å². The van der Waals surface area contributed by atoms with Crippen molar-refractivity contribution in [1.82, 2.24) is 0 Å². The summed E-state index contributed by atoms with van der Waals surface area (Å²) in [5.74, 6) is 0.422. The van der Waals surface area contributed by atoms with Crippen LogP contribution in [0.2, 0.25) is 0 Å². The number of hydrogen-bond acceptors (Lipinski definition) is 3. The number of benzene rings is 3. The van der Waals surface area contributed by atoms with E-state index in [2.05, 4.69) is 11.7 Å². The van der Waals surface area contributed by atoms with E-state index in [0.717, 1.165) is 42.6 Å². The molecular formula is C31H37F3O3. The van der Waals surface area contributed by atoms with Crippen LogP contribution in [0.5, 0.6) is 5.75 Å². The first-order chi connectivity index (χ1) is 18.0. The molecular weight excluding hydrogens is 477 g/mol. The summed E-state index contributed by atoms with van der Waals surface area (Å²) in [6, 6.07) is 16.2. The Morgan fingerprint density at radius 2 is 1.59 bits per heavy atom. The van der Waals surface area contributed by atoms with Crippen LogP contribution in [0.1, 0.15) is 62.1 Å². The molecule has 37 heavy (non-hydrogen) atoms. The summed E-state index contributed by atoms with van der Waals surface area (Å²) in [7, 11) is 0. The van der Waals surface area contributed by atoms with E-state index in [-0.39, 0.29) is 17.9 Å². The van der Waals surface area contributed by atoms with Crippen LogP contribution in [0.25, 0.3) is 10.8 Å². The van der Waals surface area contributed by atoms with Crippen molar-refractivity contribution < 1.29 is 27.4 Å². The summed E-state index contributed by atoms with van der Waals surface area (Å²) in [5, 5.41) is 1.49. The summed E-state index contributed by atoms with van der Waals surface area (Å²) < 4.78 is 56.1. The highest BCUT2D eigenvalue weighted by atomic mass is 19.3. The Labute approximate surface area is 217 Å². The predicted molar refractivity (Wildman–Crippen MR) is 141 cm³/mol. The van der Waals surface area contributed by atoms with Crippen LogP contribution in [0.15, 0.2) is 54.6 Å². The molecule has 3 nitrogen and oxygen atoms in total. The first-order valence-electron chi connectivity index (χ1n) is 13.5. The largest absolute Gasteiger partial charge is 0.435 e. The van der Waals surface area contributed by atoms with Gasteiger partial charge in [0, 0.05) is 17.7 Å². The first-order valence-corrected chi connectivity index (χ1v) is 13.5. The molecule has 0 N–H and O–H groups in total. The Hall–Kier alpha value is -2.57. The third-order valence-electron chi connectivity index (χ3n) is 7.10. The molecule has 3 aromatic rings. The summed E-state index contributed by atoms with van der Waals surface area (Å²) >= 11 is 0. The molecule has 1 aliphatic rings. The molecule has 0 spiro atoms. The van der Waals surface area contributed by atoms with Crippen molar-refractivity contribution in [2.45, 2.75) is 77.6 Å². The molecule has 0 aliphatic carbocycles. The quantitative estimate of drug-likeness (QED) is 0.215. The van der Waals surface area contributed by atoms with Crippen LogP contribution in [0.4, 0.5) is 13.2 Å². The normalized spacial score (nSPS) is 18.0. The van der Waals surface area contributed by atoms with Crippen molar-refractivity contribution >= 4 is 10.8 Å². The van der Waals surface area contributed by atoms with Gasteiger partial charge in [-0.1, -0.05) is 75.1 Å². The highest BCUT2D eigenvalue weighted by Crippen LogP contribution is 2.26. The van der Waals surface area contributed by atoms with E-state index in [1.807, 2.05) is 30.3 Å². The number of aryl methyl sites for hydroxylation is 3. The van der Waals surface area contributed by atoms with Gasteiger partial charge in [0.15, 0.2) is 6.29 Å². The van der Waals surface area contributed by atoms with Crippen molar-refractivity contribution in [3.05, 3.63) is 77.1 Å². The van der Waals surface area contributed by atoms with Crippen LogP contribution >= 0.6 is 0 Å². The molecule has 200 valence electrons. The minimum atomic E-state index is -2.84. The van der Waals surface area contributed by atoms with Gasteiger partial charge in [-0.3, -0.25) is 0 Å². The number of halogens is 3. The van der Waals surface area contributed by atoms with Crippen molar-refractivity contribution in [3.8, 4) is 5.75 Å². The summed E-state index contributed by atoms with van der Waals surface area (Å²) in [5.41, 5.74) is 2.72. The zero-order valence-corrected chi connectivity index (χ0v) is 21.6. The first kappa shape index (κ1) is 27.5. The number of unbranched alkanes of at least 4 members (excludes halogenated alkanes) is 3. The van der Waals surface area contributed by atoms with Gasteiger partial charge < -0.3 is 14.2 Å². The number of ether oxygens (including phenoxy) is 3. The average molecular weight is 515 g/mol. The highest BCUT2D eigenvalue weighted by Gasteiger charge is 2.21. The van der Waals surface area contributed by atoms with Crippen molar-refractivity contribution in [1.29, 1.82) is 0 Å². The Kier molecular flexibility index (Phi) is 10.3. The van der Waals surface area contributed by atoms with Gasteiger partial charge in [-0.15, -0.1) is 0 Å². The van der Waals surface area contributed by atoms with Crippen molar-refractivity contribution in [2.75, 3.05) is 13.2 Å². The van der Waals surface area contributed by atoms with Gasteiger partial charge in [0.25, 0.3) is 0 Å². The van der Waals surface area contributed by atoms with Gasteiger partial charge in [0.2, 0.25) is 0 Å². The van der Waals surface area contributed by atoms with Crippen LogP contribution in [0.3, 0.4) is 0 Å². The second kappa shape index (κ2) is 13.8. The zero-order chi connectivity index (χ0) is 26.0. The lowest BCUT2D eigenvalue weighted by atomic mass is 9.98. The lowest BCUT2D eigenvalue weighted by Gasteiger charge is -2.29. The van der Waals surface area contributed by atoms with E-state index in [1.54, 1.807) is 12.1 Å². The van der Waals surface area contributed by atoms with Crippen molar-refractivity contribution in [3.63, 3.8) is 0 Å². The van der Waals surface area contributed by atoms with E-state index < -0.39 is 6.61 Å². The SMILES string of the molecule is CCCCCCC1COC(CCc2ccc3c(F)c(CCc4ccc(OC(F)F)cc4)ccc3c2)OC1. The average Bonchev–Trinajstić information content (AvgIpc) is 2.91. The smallest absolute Gasteiger partial charge is 0.387 e. The molecule has 1 saturated heterocycles. The van der Waals surface area contributed by atoms with E-state index in [1.165, 1.54) is 44.2 Å². The molecule has 4 rings (SSSR count). The molecule has 0 amide bonds. The third-order valence-corrected chi connectivity index (χ3v) is 7.10. The minimum absolute atomic E-state index is 0.120. The molecule has 1 aliphatic heterocycles. The summed E-state index contributed by atoms with van der Waals surface area (Å²) in [6.45, 7) is 0.932. The molecule has 1 heterocycles. The maximum Gasteiger partial charge on any atom is 0.387 e. The fourth-order valence-electron chi connectivity index (χ4n) is 4.91. The monoisotopic (exact) mass is 514 g/mol. The summed E-state index contributed by atoms with van der Waals surface area (Å²) in [6.07, 6.45) is 8.82. The number of hydrogen-bond donors (Lipinski definition) is 0. The number of rotatable bonds is 13. The van der Waals surface area contributed by atoms with Gasteiger partial charge in [-0.05, 0) is 59.9 Å². The fourth-order valence-corrected chi connectivity index (χ4v) is 4.91. The molecule has 0 saturated carbocycles. The van der Waals surface area contributed by atoms with E-state index in [0.29, 0.717) is 29.7 Å². The Morgan fingerprint density at radius 3 is 2.32 bits per heavy atom. The van der Waals surface area contributed by atoms with Crippen LogP contribution in [-0.4, -0.2) is 26.1 Å². The second-order valence-corrected chi connectivity index (χ2v) is 9.97. The minimum Gasteiger partial charge on any atom is -0.435 e. The van der Waals surface area contributed by atoms with Crippen molar-refractivity contribution in [2.24, 2.45) is 5.92 Å². The molecule has 0 bridgehead atoms. The number of alkyl halides is 2. The van der Waals surface area contributed by atoms with Crippen LogP contribution in [0, 0.1) is 11.7 Å². The standard InChI is InChI=1S/C31H37F3O3/c1-2-3-4-5-6-24-20-35-29(36-21-24)18-11-23-10-17-28-26(19-23)14-13-25(30(28)32)12-7-22-8-15-27(16-9-22)37-31(33)34/h8-10,13-17,19,24,29,31H,2-7,11-12,18,20-21H2,1H3. The Morgan fingerprint density at radius 1 is 0.838 bits per heavy atom. The maximum atomic E-state index is 15.2. The molecule has 6 heteroatoms. The van der Waals surface area contributed by atoms with Crippen LogP contribution < -0.4 is 4.74 Å². The van der Waals surface area contributed by atoms with Crippen LogP contribution in [-0.2, 0) is 28.7 Å². The molecule has 1 fully saturated rings. The van der Waals surface area contributed by atoms with Gasteiger partial charge >= 0.3 is 6.61 Å². The number of fused-ring (bicyclic) bond motifs is 1. The lowest BCUT2D eigenvalue weighted by molar-refractivity contribution is -0.203. The lowest BCUT2D eigenvalue weighted by Crippen LogP contribution is -2.32. The molecule has 3 aromatic carbocycles. The maximum absolute atomic E-state index is 15.2. The predicted octanol–water partition coefficient (Wildman–Crippen LogP) is 8.26. The highest BCUT2D eigenvalue weighted by molar-refractivity contribution is 5.84. The van der Waals surface area contributed by atoms with Gasteiger partial charge in [0.05, 0.1) is 13.2 Å². The Balaban J connectivity index is 1.26. The molecule has 0 aromatic heterocycles. The second-order valence-electron chi connectivity index (χ2n) is 9.97. The van der Waals surface area contributed by atoms with Gasteiger partial charge in [-0.2, -0.15) is 8.78 Å². The fraction of sp³-hybridized carbons (Fsp3) is 0.484. The summed E-state index contributed by atoms with van der Waals surface area (Å²) in [4.78, 5) is 0. The Bertz CT molecular complexity index is 1110. The molecule has 0 unspecified atom stereocenters. The van der Waals surface area contributed by atoms with Gasteiger partial charge in [0.1, 0.15) is 11.6 Å². The van der Waals surface area contributed by atoms with E-state index in [4.69, 9.17) is 9.47 Å². The third kappa shape index (κ3) is 8.21. The topological polar surface area (TPSA) is 27.7 Å². The van der Waals surface area contributed by atoms with Gasteiger partial charge in [-0.25, -0.2) is 4.39 Å². The zero-order valence-electron chi connectivity index (χ0n) is 21.6.